The van der Waals surface area contributed by atoms with E-state index in [2.05, 4.69) is 16.0 Å². The zero-order valence-electron chi connectivity index (χ0n) is 14.8. The van der Waals surface area contributed by atoms with E-state index in [-0.39, 0.29) is 30.0 Å². The van der Waals surface area contributed by atoms with Gasteiger partial charge in [-0.1, -0.05) is 11.6 Å². The van der Waals surface area contributed by atoms with E-state index in [1.54, 1.807) is 30.3 Å². The first kappa shape index (κ1) is 21.3. The number of hydrogen-bond donors (Lipinski definition) is 3. The average Bonchev–Trinajstić information content (AvgIpc) is 3.18. The molecule has 0 unspecified atom stereocenters. The smallest absolute Gasteiger partial charge is 0.291 e. The molecule has 1 aromatic heterocycles. The van der Waals surface area contributed by atoms with Crippen molar-refractivity contribution < 1.29 is 14.0 Å². The van der Waals surface area contributed by atoms with Gasteiger partial charge in [0.15, 0.2) is 5.76 Å². The number of anilines is 2. The van der Waals surface area contributed by atoms with Crippen LogP contribution < -0.4 is 16.0 Å². The number of hydrogen-bond acceptors (Lipinski definition) is 4. The Hall–Kier alpha value is -2.02. The summed E-state index contributed by atoms with van der Waals surface area (Å²) in [5.74, 6) is 0.420. The highest BCUT2D eigenvalue weighted by molar-refractivity contribution is 6.34. The molecule has 0 bridgehead atoms. The van der Waals surface area contributed by atoms with Crippen LogP contribution in [0.2, 0.25) is 5.02 Å². The number of carbonyl (C=O) groups excluding carboxylic acids is 2. The Labute approximate surface area is 169 Å². The molecule has 0 atom stereocenters. The molecule has 6 nitrogen and oxygen atoms in total. The Morgan fingerprint density at radius 1 is 1.19 bits per heavy atom. The van der Waals surface area contributed by atoms with E-state index in [0.717, 1.165) is 32.4 Å². The lowest BCUT2D eigenvalue weighted by molar-refractivity contribution is -0.116. The summed E-state index contributed by atoms with van der Waals surface area (Å²) in [6, 6.07) is 8.21. The van der Waals surface area contributed by atoms with E-state index in [9.17, 15) is 9.59 Å². The molecule has 1 fully saturated rings. The highest BCUT2D eigenvalue weighted by Crippen LogP contribution is 2.26. The zero-order chi connectivity index (χ0) is 18.4. The van der Waals surface area contributed by atoms with Crippen LogP contribution in [0.5, 0.6) is 0 Å². The van der Waals surface area contributed by atoms with Crippen LogP contribution in [-0.2, 0) is 4.79 Å². The summed E-state index contributed by atoms with van der Waals surface area (Å²) in [6.07, 6.45) is 5.09. The molecule has 2 amide bonds. The highest BCUT2D eigenvalue weighted by atomic mass is 35.5. The molecule has 1 aliphatic heterocycles. The molecule has 3 N–H and O–H groups in total. The van der Waals surface area contributed by atoms with Crippen molar-refractivity contribution in [3.05, 3.63) is 47.4 Å². The number of halogens is 2. The van der Waals surface area contributed by atoms with Crippen LogP contribution in [-0.4, -0.2) is 24.9 Å². The van der Waals surface area contributed by atoms with Crippen LogP contribution in [0.15, 0.2) is 41.0 Å². The van der Waals surface area contributed by atoms with Gasteiger partial charge in [-0.05, 0) is 68.6 Å². The summed E-state index contributed by atoms with van der Waals surface area (Å²) >= 11 is 6.21. The quantitative estimate of drug-likeness (QED) is 0.660. The number of carbonyl (C=O) groups is 2. The summed E-state index contributed by atoms with van der Waals surface area (Å²) in [7, 11) is 0. The fourth-order valence-electron chi connectivity index (χ4n) is 3.01. The van der Waals surface area contributed by atoms with E-state index >= 15 is 0 Å². The molecule has 0 saturated carbocycles. The molecular formula is C19H23Cl2N3O3. The Bertz CT molecular complexity index is 760. The lowest BCUT2D eigenvalue weighted by Crippen LogP contribution is -2.28. The Morgan fingerprint density at radius 2 is 1.96 bits per heavy atom. The molecule has 0 radical (unpaired) electrons. The van der Waals surface area contributed by atoms with Crippen LogP contribution in [0.3, 0.4) is 0 Å². The van der Waals surface area contributed by atoms with Crippen LogP contribution in [0.1, 0.15) is 36.2 Å². The number of amides is 2. The Balaban J connectivity index is 0.00000261. The lowest BCUT2D eigenvalue weighted by atomic mass is 9.93. The standard InChI is InChI=1S/C19H22ClN3O3.ClH/c20-15-12-14(22-18(24)6-3-13-7-9-21-10-8-13)4-5-16(15)23-19(25)17-2-1-11-26-17;/h1-2,4-5,11-13,21H,3,6-10H2,(H,22,24)(H,23,25);1H. The van der Waals surface area contributed by atoms with Gasteiger partial charge in [0.2, 0.25) is 5.91 Å². The second-order valence-electron chi connectivity index (χ2n) is 6.41. The fourth-order valence-corrected chi connectivity index (χ4v) is 3.24. The van der Waals surface area contributed by atoms with Gasteiger partial charge < -0.3 is 20.4 Å². The number of piperidine rings is 1. The molecule has 1 aliphatic rings. The van der Waals surface area contributed by atoms with Gasteiger partial charge in [-0.2, -0.15) is 0 Å². The van der Waals surface area contributed by atoms with Gasteiger partial charge in [0.05, 0.1) is 17.0 Å². The second-order valence-corrected chi connectivity index (χ2v) is 6.81. The van der Waals surface area contributed by atoms with E-state index in [1.165, 1.54) is 6.26 Å². The topological polar surface area (TPSA) is 83.4 Å². The summed E-state index contributed by atoms with van der Waals surface area (Å²) < 4.78 is 5.04. The van der Waals surface area contributed by atoms with E-state index < -0.39 is 0 Å². The third-order valence-electron chi connectivity index (χ3n) is 4.48. The predicted octanol–water partition coefficient (Wildman–Crippen LogP) is 4.33. The maximum Gasteiger partial charge on any atom is 0.291 e. The van der Waals surface area contributed by atoms with Crippen LogP contribution in [0.25, 0.3) is 0 Å². The number of rotatable bonds is 6. The fraction of sp³-hybridized carbons (Fsp3) is 0.368. The normalized spacial score (nSPS) is 14.3. The summed E-state index contributed by atoms with van der Waals surface area (Å²) in [5, 5.41) is 9.21. The molecule has 0 spiro atoms. The zero-order valence-corrected chi connectivity index (χ0v) is 16.4. The molecule has 2 aromatic rings. The second kappa shape index (κ2) is 10.3. The molecule has 1 aromatic carbocycles. The average molecular weight is 412 g/mol. The summed E-state index contributed by atoms with van der Waals surface area (Å²) in [5.41, 5.74) is 1.07. The lowest BCUT2D eigenvalue weighted by Gasteiger charge is -2.22. The van der Waals surface area contributed by atoms with Gasteiger partial charge in [0.25, 0.3) is 5.91 Å². The first-order valence-electron chi connectivity index (χ1n) is 8.77. The van der Waals surface area contributed by atoms with Crippen molar-refractivity contribution in [1.82, 2.24) is 5.32 Å². The largest absolute Gasteiger partial charge is 0.459 e. The van der Waals surface area contributed by atoms with Gasteiger partial charge in [0.1, 0.15) is 0 Å². The minimum absolute atomic E-state index is 0. The molecule has 3 rings (SSSR count). The summed E-state index contributed by atoms with van der Waals surface area (Å²) in [6.45, 7) is 2.07. The summed E-state index contributed by atoms with van der Waals surface area (Å²) in [4.78, 5) is 24.1. The highest BCUT2D eigenvalue weighted by Gasteiger charge is 2.15. The monoisotopic (exact) mass is 411 g/mol. The van der Waals surface area contributed by atoms with Crippen LogP contribution in [0.4, 0.5) is 11.4 Å². The molecule has 2 heterocycles. The van der Waals surface area contributed by atoms with Crippen molar-refractivity contribution in [2.45, 2.75) is 25.7 Å². The molecule has 0 aliphatic carbocycles. The number of furan rings is 1. The van der Waals surface area contributed by atoms with Crippen molar-refractivity contribution in [1.29, 1.82) is 0 Å². The van der Waals surface area contributed by atoms with Gasteiger partial charge in [-0.25, -0.2) is 0 Å². The molecule has 27 heavy (non-hydrogen) atoms. The Kier molecular flexibility index (Phi) is 8.16. The Morgan fingerprint density at radius 3 is 2.63 bits per heavy atom. The number of nitrogens with one attached hydrogen (secondary N) is 3. The predicted molar refractivity (Wildman–Crippen MR) is 109 cm³/mol. The van der Waals surface area contributed by atoms with Gasteiger partial charge in [-0.15, -0.1) is 12.4 Å². The third kappa shape index (κ3) is 6.27. The van der Waals surface area contributed by atoms with Crippen LogP contribution >= 0.6 is 24.0 Å². The van der Waals surface area contributed by atoms with Gasteiger partial charge >= 0.3 is 0 Å². The van der Waals surface area contributed by atoms with Crippen molar-refractivity contribution in [2.75, 3.05) is 23.7 Å². The molecule has 146 valence electrons. The molecular weight excluding hydrogens is 389 g/mol. The first-order valence-corrected chi connectivity index (χ1v) is 9.14. The molecule has 1 saturated heterocycles. The van der Waals surface area contributed by atoms with Gasteiger partial charge in [0, 0.05) is 12.1 Å². The maximum atomic E-state index is 12.1. The third-order valence-corrected chi connectivity index (χ3v) is 4.80. The molecule has 8 heteroatoms. The van der Waals surface area contributed by atoms with E-state index in [4.69, 9.17) is 16.0 Å². The van der Waals surface area contributed by atoms with Crippen molar-refractivity contribution in [3.63, 3.8) is 0 Å². The van der Waals surface area contributed by atoms with E-state index in [0.29, 0.717) is 28.7 Å². The first-order chi connectivity index (χ1) is 12.6. The number of benzene rings is 1. The van der Waals surface area contributed by atoms with Crippen molar-refractivity contribution in [2.24, 2.45) is 5.92 Å². The van der Waals surface area contributed by atoms with E-state index in [1.807, 2.05) is 0 Å². The minimum Gasteiger partial charge on any atom is -0.459 e. The SMILES string of the molecule is Cl.O=C(CCC1CCNCC1)Nc1ccc(NC(=O)c2ccco2)c(Cl)c1. The maximum absolute atomic E-state index is 12.1. The van der Waals surface area contributed by atoms with Crippen molar-refractivity contribution >= 4 is 47.2 Å². The van der Waals surface area contributed by atoms with Crippen molar-refractivity contribution in [3.8, 4) is 0 Å². The van der Waals surface area contributed by atoms with Gasteiger partial charge in [-0.3, -0.25) is 9.59 Å². The van der Waals surface area contributed by atoms with Crippen LogP contribution in [0, 0.1) is 5.92 Å². The minimum atomic E-state index is -0.379.